The smallest absolute Gasteiger partial charge is 0.280 e. The summed E-state index contributed by atoms with van der Waals surface area (Å²) in [5.74, 6) is -0.199. The van der Waals surface area contributed by atoms with Gasteiger partial charge in [-0.25, -0.2) is 9.97 Å². The summed E-state index contributed by atoms with van der Waals surface area (Å²) in [6.45, 7) is 7.37. The first kappa shape index (κ1) is 18.7. The van der Waals surface area contributed by atoms with E-state index in [1.165, 1.54) is 23.7 Å². The van der Waals surface area contributed by atoms with Crippen LogP contribution in [0.25, 0.3) is 10.2 Å². The lowest BCUT2D eigenvalue weighted by Crippen LogP contribution is -2.39. The van der Waals surface area contributed by atoms with Gasteiger partial charge in [-0.05, 0) is 31.3 Å². The standard InChI is InChI=1S/C18H20ClN5OS/c1-3-23(4-2)9-10-24(17(25)15-12-20-7-8-21-15)18-22-14-6-5-13(19)11-16(14)26-18/h5-8,11-12H,3-4,9-10H2,1-2H3. The van der Waals surface area contributed by atoms with Crippen molar-refractivity contribution in [3.05, 3.63) is 47.5 Å². The first-order chi connectivity index (χ1) is 12.6. The van der Waals surface area contributed by atoms with Crippen LogP contribution in [-0.2, 0) is 0 Å². The van der Waals surface area contributed by atoms with Crippen LogP contribution in [0.4, 0.5) is 5.13 Å². The van der Waals surface area contributed by atoms with E-state index in [4.69, 9.17) is 11.6 Å². The first-order valence-electron chi connectivity index (χ1n) is 8.48. The van der Waals surface area contributed by atoms with E-state index in [9.17, 15) is 4.79 Å². The Kier molecular flexibility index (Phi) is 6.13. The molecule has 0 aliphatic heterocycles. The van der Waals surface area contributed by atoms with Crippen molar-refractivity contribution in [1.29, 1.82) is 0 Å². The highest BCUT2D eigenvalue weighted by molar-refractivity contribution is 7.22. The maximum atomic E-state index is 13.0. The number of hydrogen-bond acceptors (Lipinski definition) is 6. The molecule has 2 heterocycles. The SMILES string of the molecule is CCN(CC)CCN(C(=O)c1cnccn1)c1nc2ccc(Cl)cc2s1. The molecular formula is C18H20ClN5OS. The molecule has 1 aromatic carbocycles. The fraction of sp³-hybridized carbons (Fsp3) is 0.333. The van der Waals surface area contributed by atoms with Gasteiger partial charge in [-0.15, -0.1) is 0 Å². The second kappa shape index (κ2) is 8.53. The van der Waals surface area contributed by atoms with E-state index in [-0.39, 0.29) is 5.91 Å². The number of benzene rings is 1. The van der Waals surface area contributed by atoms with Gasteiger partial charge in [0.1, 0.15) is 5.69 Å². The molecule has 8 heteroatoms. The van der Waals surface area contributed by atoms with E-state index < -0.39 is 0 Å². The maximum Gasteiger partial charge on any atom is 0.280 e. The van der Waals surface area contributed by atoms with Gasteiger partial charge in [0.05, 0.1) is 16.4 Å². The topological polar surface area (TPSA) is 62.2 Å². The Labute approximate surface area is 161 Å². The fourth-order valence-electron chi connectivity index (χ4n) is 2.61. The summed E-state index contributed by atoms with van der Waals surface area (Å²) in [4.78, 5) is 29.8. The summed E-state index contributed by atoms with van der Waals surface area (Å²) in [5.41, 5.74) is 1.14. The van der Waals surface area contributed by atoms with Crippen LogP contribution in [0.5, 0.6) is 0 Å². The normalized spacial score (nSPS) is 11.2. The predicted octanol–water partition coefficient (Wildman–Crippen LogP) is 3.73. The minimum absolute atomic E-state index is 0.199. The number of halogens is 1. The lowest BCUT2D eigenvalue weighted by atomic mass is 10.3. The average molecular weight is 390 g/mol. The molecule has 3 aromatic rings. The molecule has 0 aliphatic rings. The minimum Gasteiger partial charge on any atom is -0.302 e. The number of rotatable bonds is 7. The van der Waals surface area contributed by atoms with E-state index in [2.05, 4.69) is 33.7 Å². The van der Waals surface area contributed by atoms with E-state index in [0.29, 0.717) is 22.4 Å². The molecule has 0 unspecified atom stereocenters. The van der Waals surface area contributed by atoms with Gasteiger partial charge in [0.15, 0.2) is 5.13 Å². The van der Waals surface area contributed by atoms with Crippen molar-refractivity contribution < 1.29 is 4.79 Å². The molecule has 0 bridgehead atoms. The zero-order valence-corrected chi connectivity index (χ0v) is 16.3. The number of aromatic nitrogens is 3. The van der Waals surface area contributed by atoms with Gasteiger partial charge in [-0.1, -0.05) is 36.8 Å². The minimum atomic E-state index is -0.199. The van der Waals surface area contributed by atoms with Crippen molar-refractivity contribution in [2.45, 2.75) is 13.8 Å². The lowest BCUT2D eigenvalue weighted by Gasteiger charge is -2.24. The fourth-order valence-corrected chi connectivity index (χ4v) is 3.88. The number of anilines is 1. The van der Waals surface area contributed by atoms with Crippen LogP contribution in [0.1, 0.15) is 24.3 Å². The van der Waals surface area contributed by atoms with Crippen LogP contribution >= 0.6 is 22.9 Å². The molecule has 0 radical (unpaired) electrons. The average Bonchev–Trinajstić information content (AvgIpc) is 3.08. The van der Waals surface area contributed by atoms with Gasteiger partial charge in [-0.2, -0.15) is 0 Å². The zero-order chi connectivity index (χ0) is 18.5. The Morgan fingerprint density at radius 3 is 2.69 bits per heavy atom. The monoisotopic (exact) mass is 389 g/mol. The molecule has 3 rings (SSSR count). The highest BCUT2D eigenvalue weighted by Crippen LogP contribution is 2.31. The highest BCUT2D eigenvalue weighted by Gasteiger charge is 2.23. The van der Waals surface area contributed by atoms with Gasteiger partial charge in [0.2, 0.25) is 0 Å². The highest BCUT2D eigenvalue weighted by atomic mass is 35.5. The summed E-state index contributed by atoms with van der Waals surface area (Å²) in [7, 11) is 0. The van der Waals surface area contributed by atoms with E-state index >= 15 is 0 Å². The van der Waals surface area contributed by atoms with Crippen molar-refractivity contribution >= 4 is 44.2 Å². The number of thiazole rings is 1. The van der Waals surface area contributed by atoms with Crippen LogP contribution in [0, 0.1) is 0 Å². The second-order valence-electron chi connectivity index (χ2n) is 5.68. The number of carbonyl (C=O) groups is 1. The summed E-state index contributed by atoms with van der Waals surface area (Å²) < 4.78 is 0.951. The number of likely N-dealkylation sites (N-methyl/N-ethyl adjacent to an activating group) is 1. The number of fused-ring (bicyclic) bond motifs is 1. The van der Waals surface area contributed by atoms with Crippen LogP contribution < -0.4 is 4.90 Å². The largest absolute Gasteiger partial charge is 0.302 e. The van der Waals surface area contributed by atoms with Crippen molar-refractivity contribution in [2.75, 3.05) is 31.1 Å². The number of nitrogens with zero attached hydrogens (tertiary/aromatic N) is 5. The molecule has 0 saturated heterocycles. The molecule has 0 N–H and O–H groups in total. The van der Waals surface area contributed by atoms with Crippen LogP contribution in [0.2, 0.25) is 5.02 Å². The van der Waals surface area contributed by atoms with Crippen molar-refractivity contribution in [3.63, 3.8) is 0 Å². The molecule has 0 spiro atoms. The Morgan fingerprint density at radius 1 is 1.19 bits per heavy atom. The summed E-state index contributed by atoms with van der Waals surface area (Å²) in [5, 5.41) is 1.30. The summed E-state index contributed by atoms with van der Waals surface area (Å²) >= 11 is 7.53. The van der Waals surface area contributed by atoms with Crippen molar-refractivity contribution in [3.8, 4) is 0 Å². The van der Waals surface area contributed by atoms with E-state index in [0.717, 1.165) is 29.9 Å². The summed E-state index contributed by atoms with van der Waals surface area (Å²) in [6, 6.07) is 5.54. The predicted molar refractivity (Wildman–Crippen MR) is 106 cm³/mol. The molecular weight excluding hydrogens is 370 g/mol. The van der Waals surface area contributed by atoms with Gasteiger partial charge < -0.3 is 4.90 Å². The van der Waals surface area contributed by atoms with Gasteiger partial charge in [0.25, 0.3) is 5.91 Å². The van der Waals surface area contributed by atoms with Crippen molar-refractivity contribution in [1.82, 2.24) is 19.9 Å². The molecule has 2 aromatic heterocycles. The molecule has 6 nitrogen and oxygen atoms in total. The van der Waals surface area contributed by atoms with E-state index in [1.54, 1.807) is 17.2 Å². The molecule has 26 heavy (non-hydrogen) atoms. The Morgan fingerprint density at radius 2 is 2.00 bits per heavy atom. The van der Waals surface area contributed by atoms with Gasteiger partial charge >= 0.3 is 0 Å². The molecule has 0 aliphatic carbocycles. The zero-order valence-electron chi connectivity index (χ0n) is 14.7. The van der Waals surface area contributed by atoms with Crippen LogP contribution in [-0.4, -0.2) is 51.9 Å². The Bertz CT molecular complexity index is 882. The lowest BCUT2D eigenvalue weighted by molar-refractivity contribution is 0.0978. The quantitative estimate of drug-likeness (QED) is 0.616. The molecule has 0 fully saturated rings. The molecule has 1 amide bonds. The molecule has 0 atom stereocenters. The van der Waals surface area contributed by atoms with Gasteiger partial charge in [-0.3, -0.25) is 14.7 Å². The third-order valence-electron chi connectivity index (χ3n) is 4.13. The maximum absolute atomic E-state index is 13.0. The Balaban J connectivity index is 1.94. The third kappa shape index (κ3) is 4.17. The number of hydrogen-bond donors (Lipinski definition) is 0. The second-order valence-corrected chi connectivity index (χ2v) is 7.13. The third-order valence-corrected chi connectivity index (χ3v) is 5.41. The summed E-state index contributed by atoms with van der Waals surface area (Å²) in [6.07, 6.45) is 4.56. The van der Waals surface area contributed by atoms with Crippen molar-refractivity contribution in [2.24, 2.45) is 0 Å². The number of carbonyl (C=O) groups excluding carboxylic acids is 1. The van der Waals surface area contributed by atoms with E-state index in [1.807, 2.05) is 12.1 Å². The molecule has 136 valence electrons. The Hall–Kier alpha value is -2.09. The number of amides is 1. The van der Waals surface area contributed by atoms with Gasteiger partial charge in [0, 0.05) is 30.5 Å². The first-order valence-corrected chi connectivity index (χ1v) is 9.68. The van der Waals surface area contributed by atoms with Crippen LogP contribution in [0.15, 0.2) is 36.8 Å². The molecule has 0 saturated carbocycles. The van der Waals surface area contributed by atoms with Crippen LogP contribution in [0.3, 0.4) is 0 Å².